The molecule has 1 nitrogen and oxygen atoms in total. The van der Waals surface area contributed by atoms with E-state index in [-0.39, 0.29) is 0 Å². The van der Waals surface area contributed by atoms with E-state index in [1.165, 1.54) is 102 Å². The van der Waals surface area contributed by atoms with Crippen LogP contribution >= 0.6 is 22.7 Å². The summed E-state index contributed by atoms with van der Waals surface area (Å²) in [4.78, 5) is 0. The standard InChI is InChI=1S/C35H35NS2/c1-3-4-5-6-7-8-21-36-29-17-13-26(14-18-29)28-16-20-31-33(23-28)38-34-30-19-15-27(22-32(30)37-35(31)34)25-11-9-24(2)10-12-25/h9-20,22-23,36H,3-8,21H2,1-2H3. The molecular weight excluding hydrogens is 499 g/mol. The normalized spacial score (nSPS) is 11.6. The highest BCUT2D eigenvalue weighted by molar-refractivity contribution is 7.36. The number of hydrogen-bond donors (Lipinski definition) is 1. The van der Waals surface area contributed by atoms with Gasteiger partial charge >= 0.3 is 0 Å². The summed E-state index contributed by atoms with van der Waals surface area (Å²) in [5, 5.41) is 6.35. The van der Waals surface area contributed by atoms with Crippen LogP contribution in [0.15, 0.2) is 84.9 Å². The lowest BCUT2D eigenvalue weighted by atomic mass is 10.0. The summed E-state index contributed by atoms with van der Waals surface area (Å²) in [6, 6.07) is 31.7. The zero-order valence-corrected chi connectivity index (χ0v) is 24.0. The molecule has 0 atom stereocenters. The van der Waals surface area contributed by atoms with Gasteiger partial charge in [-0.05, 0) is 59.9 Å². The fourth-order valence-electron chi connectivity index (χ4n) is 5.28. The number of benzene rings is 4. The van der Waals surface area contributed by atoms with Crippen molar-refractivity contribution in [3.05, 3.63) is 90.5 Å². The summed E-state index contributed by atoms with van der Waals surface area (Å²) in [6.45, 7) is 5.47. The van der Waals surface area contributed by atoms with Crippen LogP contribution in [-0.4, -0.2) is 6.54 Å². The number of rotatable bonds is 10. The van der Waals surface area contributed by atoms with Gasteiger partial charge in [0.2, 0.25) is 0 Å². The number of aryl methyl sites for hydroxylation is 1. The molecular formula is C35H35NS2. The van der Waals surface area contributed by atoms with Crippen LogP contribution in [0.5, 0.6) is 0 Å². The van der Waals surface area contributed by atoms with Gasteiger partial charge in [0.25, 0.3) is 0 Å². The zero-order chi connectivity index (χ0) is 25.9. The van der Waals surface area contributed by atoms with Gasteiger partial charge in [0.05, 0.1) is 9.40 Å². The second-order valence-corrected chi connectivity index (χ2v) is 12.5. The van der Waals surface area contributed by atoms with E-state index in [0.717, 1.165) is 6.54 Å². The van der Waals surface area contributed by atoms with E-state index in [0.29, 0.717) is 0 Å². The molecule has 0 aliphatic carbocycles. The van der Waals surface area contributed by atoms with Gasteiger partial charge < -0.3 is 5.32 Å². The Bertz CT molecular complexity index is 1670. The first-order chi connectivity index (χ1) is 18.7. The zero-order valence-electron chi connectivity index (χ0n) is 22.3. The molecule has 0 amide bonds. The molecule has 0 unspecified atom stereocenters. The van der Waals surface area contributed by atoms with Crippen molar-refractivity contribution < 1.29 is 0 Å². The van der Waals surface area contributed by atoms with Gasteiger partial charge in [0.1, 0.15) is 0 Å². The predicted octanol–water partition coefficient (Wildman–Crippen LogP) is 11.7. The lowest BCUT2D eigenvalue weighted by molar-refractivity contribution is 0.617. The van der Waals surface area contributed by atoms with Gasteiger partial charge in [-0.1, -0.05) is 105 Å². The third-order valence-corrected chi connectivity index (χ3v) is 10.0. The second-order valence-electron chi connectivity index (χ2n) is 10.4. The maximum Gasteiger partial charge on any atom is 0.0542 e. The molecule has 0 fully saturated rings. The summed E-state index contributed by atoms with van der Waals surface area (Å²) in [7, 11) is 0. The minimum Gasteiger partial charge on any atom is -0.385 e. The molecule has 6 aromatic rings. The molecule has 2 heterocycles. The Hall–Kier alpha value is -3.14. The van der Waals surface area contributed by atoms with E-state index in [9.17, 15) is 0 Å². The van der Waals surface area contributed by atoms with Crippen molar-refractivity contribution >= 4 is 57.9 Å². The fraction of sp³-hybridized carbons (Fsp3) is 0.257. The summed E-state index contributed by atoms with van der Waals surface area (Å²) < 4.78 is 5.58. The van der Waals surface area contributed by atoms with Crippen molar-refractivity contribution in [1.29, 1.82) is 0 Å². The van der Waals surface area contributed by atoms with Crippen LogP contribution in [0.1, 0.15) is 51.0 Å². The Morgan fingerprint density at radius 2 is 1.05 bits per heavy atom. The molecule has 0 radical (unpaired) electrons. The number of hydrogen-bond acceptors (Lipinski definition) is 3. The van der Waals surface area contributed by atoms with Gasteiger partial charge in [-0.15, -0.1) is 22.7 Å². The molecule has 0 saturated carbocycles. The third-order valence-electron chi connectivity index (χ3n) is 7.55. The van der Waals surface area contributed by atoms with Crippen molar-refractivity contribution in [2.75, 3.05) is 11.9 Å². The molecule has 0 aliphatic heterocycles. The van der Waals surface area contributed by atoms with Crippen molar-refractivity contribution in [2.45, 2.75) is 52.4 Å². The van der Waals surface area contributed by atoms with E-state index in [2.05, 4.69) is 104 Å². The van der Waals surface area contributed by atoms with Crippen molar-refractivity contribution in [3.8, 4) is 22.3 Å². The van der Waals surface area contributed by atoms with Crippen LogP contribution in [0, 0.1) is 6.92 Å². The van der Waals surface area contributed by atoms with Gasteiger partial charge in [0, 0.05) is 32.4 Å². The Labute approximate surface area is 234 Å². The molecule has 2 aromatic heterocycles. The number of nitrogens with one attached hydrogen (secondary N) is 1. The Kier molecular flexibility index (Phi) is 7.49. The molecule has 0 spiro atoms. The molecule has 1 N–H and O–H groups in total. The topological polar surface area (TPSA) is 12.0 Å². The smallest absolute Gasteiger partial charge is 0.0542 e. The van der Waals surface area contributed by atoms with Crippen LogP contribution in [0.25, 0.3) is 51.8 Å². The van der Waals surface area contributed by atoms with Crippen LogP contribution in [-0.2, 0) is 0 Å². The van der Waals surface area contributed by atoms with Crippen molar-refractivity contribution in [3.63, 3.8) is 0 Å². The third kappa shape index (κ3) is 5.23. The number of thiophene rings is 2. The van der Waals surface area contributed by atoms with E-state index < -0.39 is 0 Å². The first-order valence-corrected chi connectivity index (χ1v) is 15.6. The lowest BCUT2D eigenvalue weighted by Crippen LogP contribution is -2.01. The molecule has 4 aromatic carbocycles. The lowest BCUT2D eigenvalue weighted by Gasteiger charge is -2.08. The largest absolute Gasteiger partial charge is 0.385 e. The second kappa shape index (κ2) is 11.3. The van der Waals surface area contributed by atoms with Crippen LogP contribution in [0.2, 0.25) is 0 Å². The summed E-state index contributed by atoms with van der Waals surface area (Å²) >= 11 is 3.86. The molecule has 192 valence electrons. The molecule has 3 heteroatoms. The predicted molar refractivity (Wildman–Crippen MR) is 172 cm³/mol. The van der Waals surface area contributed by atoms with Gasteiger partial charge in [-0.25, -0.2) is 0 Å². The Balaban J connectivity index is 1.19. The molecule has 38 heavy (non-hydrogen) atoms. The molecule has 6 rings (SSSR count). The molecule has 0 bridgehead atoms. The average Bonchev–Trinajstić information content (AvgIpc) is 3.48. The maximum absolute atomic E-state index is 3.60. The summed E-state index contributed by atoms with van der Waals surface area (Å²) in [5.74, 6) is 0. The minimum atomic E-state index is 1.06. The quantitative estimate of drug-likeness (QED) is 0.173. The highest BCUT2D eigenvalue weighted by Gasteiger charge is 2.14. The number of anilines is 1. The first kappa shape index (κ1) is 25.2. The summed E-state index contributed by atoms with van der Waals surface area (Å²) in [6.07, 6.45) is 8.00. The van der Waals surface area contributed by atoms with Gasteiger partial charge in [-0.2, -0.15) is 0 Å². The SMILES string of the molecule is CCCCCCCCNc1ccc(-c2ccc3c(c2)sc2c4ccc(-c5ccc(C)cc5)cc4sc32)cc1. The molecule has 0 saturated heterocycles. The Morgan fingerprint density at radius 3 is 1.63 bits per heavy atom. The van der Waals surface area contributed by atoms with Crippen LogP contribution in [0.3, 0.4) is 0 Å². The first-order valence-electron chi connectivity index (χ1n) is 14.0. The maximum atomic E-state index is 3.60. The van der Waals surface area contributed by atoms with E-state index in [4.69, 9.17) is 0 Å². The van der Waals surface area contributed by atoms with Gasteiger partial charge in [-0.3, -0.25) is 0 Å². The van der Waals surface area contributed by atoms with Crippen LogP contribution in [0.4, 0.5) is 5.69 Å². The monoisotopic (exact) mass is 533 g/mol. The Morgan fingerprint density at radius 1 is 0.553 bits per heavy atom. The minimum absolute atomic E-state index is 1.06. The highest BCUT2D eigenvalue weighted by Crippen LogP contribution is 2.46. The van der Waals surface area contributed by atoms with E-state index >= 15 is 0 Å². The van der Waals surface area contributed by atoms with E-state index in [1.807, 2.05) is 22.7 Å². The van der Waals surface area contributed by atoms with E-state index in [1.54, 1.807) is 0 Å². The molecule has 0 aliphatic rings. The fourth-order valence-corrected chi connectivity index (χ4v) is 8.01. The van der Waals surface area contributed by atoms with Crippen molar-refractivity contribution in [2.24, 2.45) is 0 Å². The highest BCUT2D eigenvalue weighted by atomic mass is 32.1. The number of unbranched alkanes of at least 4 members (excludes halogenated alkanes) is 5. The summed E-state index contributed by atoms with van der Waals surface area (Å²) in [5.41, 5.74) is 7.67. The number of fused-ring (bicyclic) bond motifs is 5. The van der Waals surface area contributed by atoms with Gasteiger partial charge in [0.15, 0.2) is 0 Å². The van der Waals surface area contributed by atoms with Crippen molar-refractivity contribution in [1.82, 2.24) is 0 Å². The van der Waals surface area contributed by atoms with Crippen LogP contribution < -0.4 is 5.32 Å². The average molecular weight is 534 g/mol.